The molecule has 1 amide bonds. The molecule has 0 aliphatic rings. The maximum Gasteiger partial charge on any atom is 0.269 e. The normalized spacial score (nSPS) is 11.2. The fourth-order valence-corrected chi connectivity index (χ4v) is 2.20. The molecule has 2 aromatic heterocycles. The molecule has 0 radical (unpaired) electrons. The Labute approximate surface area is 97.7 Å². The minimum absolute atomic E-state index is 0.0499. The SMILES string of the molecule is CN(C)CCNC(=O)c1csc2nccn12. The van der Waals surface area contributed by atoms with Gasteiger partial charge in [0.15, 0.2) is 4.96 Å². The lowest BCUT2D eigenvalue weighted by Gasteiger charge is -2.09. The number of carbonyl (C=O) groups excluding carboxylic acids is 1. The average molecular weight is 238 g/mol. The van der Waals surface area contributed by atoms with Crippen molar-refractivity contribution in [2.75, 3.05) is 27.2 Å². The highest BCUT2D eigenvalue weighted by Crippen LogP contribution is 2.13. The molecular weight excluding hydrogens is 224 g/mol. The smallest absolute Gasteiger partial charge is 0.269 e. The van der Waals surface area contributed by atoms with Crippen molar-refractivity contribution in [3.05, 3.63) is 23.5 Å². The summed E-state index contributed by atoms with van der Waals surface area (Å²) in [6.45, 7) is 1.49. The Morgan fingerprint density at radius 1 is 1.62 bits per heavy atom. The van der Waals surface area contributed by atoms with Gasteiger partial charge in [-0.1, -0.05) is 0 Å². The number of hydrogen-bond donors (Lipinski definition) is 1. The van der Waals surface area contributed by atoms with Crippen LogP contribution in [0.5, 0.6) is 0 Å². The highest BCUT2D eigenvalue weighted by Gasteiger charge is 2.11. The van der Waals surface area contributed by atoms with Crippen LogP contribution in [0.15, 0.2) is 17.8 Å². The molecule has 2 rings (SSSR count). The van der Waals surface area contributed by atoms with Crippen LogP contribution in [0.25, 0.3) is 4.96 Å². The minimum atomic E-state index is -0.0499. The molecule has 0 aliphatic heterocycles. The molecule has 0 aliphatic carbocycles. The number of nitrogens with zero attached hydrogens (tertiary/aromatic N) is 3. The van der Waals surface area contributed by atoms with Crippen molar-refractivity contribution in [1.29, 1.82) is 0 Å². The van der Waals surface area contributed by atoms with Crippen LogP contribution in [0, 0.1) is 0 Å². The molecule has 86 valence electrons. The molecule has 2 heterocycles. The van der Waals surface area contributed by atoms with E-state index < -0.39 is 0 Å². The molecule has 0 aromatic carbocycles. The van der Waals surface area contributed by atoms with E-state index in [0.29, 0.717) is 12.2 Å². The Morgan fingerprint density at radius 3 is 3.19 bits per heavy atom. The highest BCUT2D eigenvalue weighted by atomic mass is 32.1. The van der Waals surface area contributed by atoms with Crippen LogP contribution in [0.1, 0.15) is 10.5 Å². The highest BCUT2D eigenvalue weighted by molar-refractivity contribution is 7.15. The summed E-state index contributed by atoms with van der Waals surface area (Å²) in [6.07, 6.45) is 3.50. The van der Waals surface area contributed by atoms with Crippen LogP contribution in [0.4, 0.5) is 0 Å². The number of imidazole rings is 1. The van der Waals surface area contributed by atoms with E-state index in [0.717, 1.165) is 11.5 Å². The second-order valence-electron chi connectivity index (χ2n) is 3.76. The molecule has 0 unspecified atom stereocenters. The van der Waals surface area contributed by atoms with E-state index in [4.69, 9.17) is 0 Å². The summed E-state index contributed by atoms with van der Waals surface area (Å²) >= 11 is 1.47. The molecule has 0 fully saturated rings. The number of rotatable bonds is 4. The van der Waals surface area contributed by atoms with Crippen molar-refractivity contribution in [1.82, 2.24) is 19.6 Å². The van der Waals surface area contributed by atoms with Crippen LogP contribution in [0.3, 0.4) is 0 Å². The van der Waals surface area contributed by atoms with Crippen molar-refractivity contribution in [3.8, 4) is 0 Å². The van der Waals surface area contributed by atoms with E-state index in [1.165, 1.54) is 11.3 Å². The van der Waals surface area contributed by atoms with Gasteiger partial charge in [0, 0.05) is 30.9 Å². The van der Waals surface area contributed by atoms with Crippen molar-refractivity contribution in [2.45, 2.75) is 0 Å². The molecule has 6 heteroatoms. The van der Waals surface area contributed by atoms with Crippen molar-refractivity contribution >= 4 is 22.2 Å². The molecule has 1 N–H and O–H groups in total. The zero-order chi connectivity index (χ0) is 11.5. The van der Waals surface area contributed by atoms with E-state index in [2.05, 4.69) is 10.3 Å². The summed E-state index contributed by atoms with van der Waals surface area (Å²) in [5, 5.41) is 4.70. The fourth-order valence-electron chi connectivity index (χ4n) is 1.37. The van der Waals surface area contributed by atoms with E-state index in [-0.39, 0.29) is 5.91 Å². The van der Waals surface area contributed by atoms with Crippen LogP contribution in [-0.4, -0.2) is 47.4 Å². The van der Waals surface area contributed by atoms with Crippen molar-refractivity contribution in [2.24, 2.45) is 0 Å². The van der Waals surface area contributed by atoms with E-state index in [9.17, 15) is 4.79 Å². The van der Waals surface area contributed by atoms with Gasteiger partial charge < -0.3 is 10.2 Å². The Balaban J connectivity index is 2.02. The Kier molecular flexibility index (Phi) is 3.21. The Morgan fingerprint density at radius 2 is 2.44 bits per heavy atom. The lowest BCUT2D eigenvalue weighted by Crippen LogP contribution is -2.31. The van der Waals surface area contributed by atoms with Gasteiger partial charge in [-0.05, 0) is 14.1 Å². The molecule has 0 saturated carbocycles. The van der Waals surface area contributed by atoms with Gasteiger partial charge in [0.1, 0.15) is 5.69 Å². The first-order valence-corrected chi connectivity index (χ1v) is 5.90. The second-order valence-corrected chi connectivity index (χ2v) is 4.60. The summed E-state index contributed by atoms with van der Waals surface area (Å²) in [5.41, 5.74) is 0.649. The lowest BCUT2D eigenvalue weighted by molar-refractivity contribution is 0.0945. The maximum absolute atomic E-state index is 11.8. The Bertz CT molecular complexity index is 488. The third-order valence-corrected chi connectivity index (χ3v) is 3.07. The largest absolute Gasteiger partial charge is 0.349 e. The standard InChI is InChI=1S/C10H14N4OS/c1-13(2)5-3-11-9(15)8-7-16-10-12-4-6-14(8)10/h4,6-7H,3,5H2,1-2H3,(H,11,15). The maximum atomic E-state index is 11.8. The molecule has 5 nitrogen and oxygen atoms in total. The number of likely N-dealkylation sites (N-methyl/N-ethyl adjacent to an activating group) is 1. The van der Waals surface area contributed by atoms with Gasteiger partial charge in [-0.25, -0.2) is 4.98 Å². The summed E-state index contributed by atoms with van der Waals surface area (Å²) in [7, 11) is 3.95. The van der Waals surface area contributed by atoms with E-state index in [1.54, 1.807) is 16.8 Å². The fraction of sp³-hybridized carbons (Fsp3) is 0.400. The van der Waals surface area contributed by atoms with E-state index in [1.807, 2.05) is 24.4 Å². The quantitative estimate of drug-likeness (QED) is 0.852. The molecule has 0 saturated heterocycles. The number of amides is 1. The number of aromatic nitrogens is 2. The summed E-state index contributed by atoms with van der Waals surface area (Å²) in [5.74, 6) is -0.0499. The average Bonchev–Trinajstić information content (AvgIpc) is 2.76. The second kappa shape index (κ2) is 4.63. The monoisotopic (exact) mass is 238 g/mol. The van der Waals surface area contributed by atoms with Crippen LogP contribution in [0.2, 0.25) is 0 Å². The summed E-state index contributed by atoms with van der Waals surface area (Å²) < 4.78 is 1.80. The first-order valence-electron chi connectivity index (χ1n) is 5.02. The first kappa shape index (κ1) is 11.1. The number of nitrogens with one attached hydrogen (secondary N) is 1. The number of carbonyl (C=O) groups is 1. The third-order valence-electron chi connectivity index (χ3n) is 2.22. The van der Waals surface area contributed by atoms with E-state index >= 15 is 0 Å². The number of thiazole rings is 1. The van der Waals surface area contributed by atoms with Gasteiger partial charge in [-0.3, -0.25) is 9.20 Å². The predicted octanol–water partition coefficient (Wildman–Crippen LogP) is 0.687. The molecule has 0 bridgehead atoms. The third kappa shape index (κ3) is 2.23. The molecule has 2 aromatic rings. The molecule has 0 atom stereocenters. The zero-order valence-electron chi connectivity index (χ0n) is 9.30. The van der Waals surface area contributed by atoms with Gasteiger partial charge in [-0.2, -0.15) is 0 Å². The van der Waals surface area contributed by atoms with Crippen molar-refractivity contribution in [3.63, 3.8) is 0 Å². The number of fused-ring (bicyclic) bond motifs is 1. The molecule has 16 heavy (non-hydrogen) atoms. The predicted molar refractivity (Wildman–Crippen MR) is 64.0 cm³/mol. The molecule has 0 spiro atoms. The van der Waals surface area contributed by atoms with Crippen LogP contribution < -0.4 is 5.32 Å². The summed E-state index contributed by atoms with van der Waals surface area (Å²) in [6, 6.07) is 0. The Hall–Kier alpha value is -1.40. The van der Waals surface area contributed by atoms with Gasteiger partial charge >= 0.3 is 0 Å². The van der Waals surface area contributed by atoms with Gasteiger partial charge in [0.25, 0.3) is 5.91 Å². The van der Waals surface area contributed by atoms with Gasteiger partial charge in [-0.15, -0.1) is 11.3 Å². The van der Waals surface area contributed by atoms with Gasteiger partial charge in [0.05, 0.1) is 0 Å². The van der Waals surface area contributed by atoms with Crippen molar-refractivity contribution < 1.29 is 4.79 Å². The minimum Gasteiger partial charge on any atom is -0.349 e. The lowest BCUT2D eigenvalue weighted by atomic mass is 10.4. The first-order chi connectivity index (χ1) is 7.68. The van der Waals surface area contributed by atoms with Crippen LogP contribution in [-0.2, 0) is 0 Å². The molecular formula is C10H14N4OS. The zero-order valence-corrected chi connectivity index (χ0v) is 10.1. The topological polar surface area (TPSA) is 49.6 Å². The van der Waals surface area contributed by atoms with Gasteiger partial charge in [0.2, 0.25) is 0 Å². The van der Waals surface area contributed by atoms with Crippen LogP contribution >= 0.6 is 11.3 Å². The summed E-state index contributed by atoms with van der Waals surface area (Å²) in [4.78, 5) is 18.8. The number of hydrogen-bond acceptors (Lipinski definition) is 4.